The van der Waals surface area contributed by atoms with Gasteiger partial charge in [-0.05, 0) is 30.7 Å². The van der Waals surface area contributed by atoms with Crippen LogP contribution in [0.15, 0.2) is 30.5 Å². The Morgan fingerprint density at radius 1 is 1.42 bits per heavy atom. The van der Waals surface area contributed by atoms with Crippen molar-refractivity contribution in [1.29, 1.82) is 0 Å². The normalized spacial score (nSPS) is 12.4. The lowest BCUT2D eigenvalue weighted by Gasteiger charge is -2.10. The Hall–Kier alpha value is -1.88. The minimum absolute atomic E-state index is 0.201. The van der Waals surface area contributed by atoms with Crippen molar-refractivity contribution >= 4 is 0 Å². The van der Waals surface area contributed by atoms with Crippen LogP contribution in [-0.2, 0) is 13.5 Å². The van der Waals surface area contributed by atoms with Gasteiger partial charge < -0.3 is 9.84 Å². The summed E-state index contributed by atoms with van der Waals surface area (Å²) in [5.74, 6) is -0.255. The van der Waals surface area contributed by atoms with Gasteiger partial charge in [0, 0.05) is 25.4 Å². The van der Waals surface area contributed by atoms with Crippen molar-refractivity contribution in [2.45, 2.75) is 19.4 Å². The molecule has 1 N–H and O–H groups in total. The van der Waals surface area contributed by atoms with Crippen LogP contribution in [0.5, 0.6) is 5.75 Å². The first-order chi connectivity index (χ1) is 9.08. The van der Waals surface area contributed by atoms with E-state index in [1.165, 1.54) is 6.07 Å². The fourth-order valence-electron chi connectivity index (χ4n) is 1.81. The molecular weight excluding hydrogens is 247 g/mol. The predicted octanol–water partition coefficient (Wildman–Crippen LogP) is 2.23. The summed E-state index contributed by atoms with van der Waals surface area (Å²) < 4.78 is 20.9. The summed E-state index contributed by atoms with van der Waals surface area (Å²) >= 11 is 0. The van der Waals surface area contributed by atoms with Crippen LogP contribution in [0.3, 0.4) is 0 Å². The molecule has 1 aromatic heterocycles. The summed E-state index contributed by atoms with van der Waals surface area (Å²) in [5, 5.41) is 13.4. The number of halogens is 1. The van der Waals surface area contributed by atoms with Crippen molar-refractivity contribution in [2.24, 2.45) is 7.05 Å². The predicted molar refractivity (Wildman–Crippen MR) is 69.4 cm³/mol. The Kier molecular flexibility index (Phi) is 4.16. The highest BCUT2D eigenvalue weighted by Crippen LogP contribution is 2.22. The minimum Gasteiger partial charge on any atom is -0.490 e. The van der Waals surface area contributed by atoms with E-state index >= 15 is 0 Å². The zero-order valence-electron chi connectivity index (χ0n) is 11.0. The number of hydrogen-bond acceptors (Lipinski definition) is 3. The van der Waals surface area contributed by atoms with E-state index in [4.69, 9.17) is 4.74 Å². The summed E-state index contributed by atoms with van der Waals surface area (Å²) in [5.41, 5.74) is 1.57. The largest absolute Gasteiger partial charge is 0.490 e. The molecule has 19 heavy (non-hydrogen) atoms. The molecule has 2 rings (SSSR count). The zero-order chi connectivity index (χ0) is 13.8. The number of hydrogen-bond donors (Lipinski definition) is 1. The molecule has 0 bridgehead atoms. The molecule has 1 unspecified atom stereocenters. The SMILES string of the molecule is CC(O)c1ccc(OCCc2ccnn2C)c(F)c1. The molecule has 2 aromatic rings. The zero-order valence-corrected chi connectivity index (χ0v) is 11.0. The van der Waals surface area contributed by atoms with Crippen LogP contribution in [0.1, 0.15) is 24.3 Å². The third-order valence-electron chi connectivity index (χ3n) is 2.98. The standard InChI is InChI=1S/C14H17FN2O2/c1-10(18)11-3-4-14(13(15)9-11)19-8-6-12-5-7-16-17(12)2/h3-5,7,9-10,18H,6,8H2,1-2H3. The molecule has 0 fully saturated rings. The van der Waals surface area contributed by atoms with Crippen molar-refractivity contribution < 1.29 is 14.2 Å². The fraction of sp³-hybridized carbons (Fsp3) is 0.357. The lowest BCUT2D eigenvalue weighted by Crippen LogP contribution is -2.07. The Morgan fingerprint density at radius 2 is 2.21 bits per heavy atom. The van der Waals surface area contributed by atoms with Crippen molar-refractivity contribution in [3.63, 3.8) is 0 Å². The number of rotatable bonds is 5. The van der Waals surface area contributed by atoms with Crippen molar-refractivity contribution in [3.05, 3.63) is 47.5 Å². The van der Waals surface area contributed by atoms with Crippen LogP contribution in [0, 0.1) is 5.82 Å². The molecular formula is C14H17FN2O2. The number of aliphatic hydroxyl groups excluding tert-OH is 1. The number of aliphatic hydroxyl groups is 1. The van der Waals surface area contributed by atoms with Gasteiger partial charge in [-0.2, -0.15) is 5.10 Å². The van der Waals surface area contributed by atoms with E-state index < -0.39 is 11.9 Å². The third kappa shape index (κ3) is 3.32. The number of ether oxygens (including phenoxy) is 1. The van der Waals surface area contributed by atoms with E-state index in [0.29, 0.717) is 18.6 Å². The number of benzene rings is 1. The molecule has 0 amide bonds. The van der Waals surface area contributed by atoms with Crippen molar-refractivity contribution in [1.82, 2.24) is 9.78 Å². The lowest BCUT2D eigenvalue weighted by atomic mass is 10.1. The van der Waals surface area contributed by atoms with E-state index in [1.54, 1.807) is 29.9 Å². The van der Waals surface area contributed by atoms with Gasteiger partial charge in [0.2, 0.25) is 0 Å². The highest BCUT2D eigenvalue weighted by atomic mass is 19.1. The smallest absolute Gasteiger partial charge is 0.165 e. The molecule has 4 nitrogen and oxygen atoms in total. The molecule has 0 radical (unpaired) electrons. The van der Waals surface area contributed by atoms with Crippen LogP contribution < -0.4 is 4.74 Å². The van der Waals surface area contributed by atoms with Gasteiger partial charge in [0.05, 0.1) is 12.7 Å². The van der Waals surface area contributed by atoms with Crippen LogP contribution in [0.4, 0.5) is 4.39 Å². The number of aryl methyl sites for hydroxylation is 1. The third-order valence-corrected chi connectivity index (χ3v) is 2.98. The molecule has 0 aliphatic rings. The molecule has 1 heterocycles. The summed E-state index contributed by atoms with van der Waals surface area (Å²) in [6.45, 7) is 1.97. The van der Waals surface area contributed by atoms with E-state index in [9.17, 15) is 9.50 Å². The van der Waals surface area contributed by atoms with E-state index in [-0.39, 0.29) is 5.75 Å². The monoisotopic (exact) mass is 264 g/mol. The van der Waals surface area contributed by atoms with Crippen molar-refractivity contribution in [3.8, 4) is 5.75 Å². The average molecular weight is 264 g/mol. The second-order valence-corrected chi connectivity index (χ2v) is 4.41. The van der Waals surface area contributed by atoms with Gasteiger partial charge in [0.15, 0.2) is 11.6 Å². The Balaban J connectivity index is 1.95. The van der Waals surface area contributed by atoms with E-state index in [1.807, 2.05) is 13.1 Å². The van der Waals surface area contributed by atoms with E-state index in [0.717, 1.165) is 5.69 Å². The van der Waals surface area contributed by atoms with Gasteiger partial charge in [-0.25, -0.2) is 4.39 Å². The van der Waals surface area contributed by atoms with Gasteiger partial charge >= 0.3 is 0 Å². The topological polar surface area (TPSA) is 47.3 Å². The highest BCUT2D eigenvalue weighted by Gasteiger charge is 2.08. The Bertz CT molecular complexity index is 552. The van der Waals surface area contributed by atoms with Crippen LogP contribution in [-0.4, -0.2) is 21.5 Å². The quantitative estimate of drug-likeness (QED) is 0.901. The summed E-state index contributed by atoms with van der Waals surface area (Å²) in [6.07, 6.45) is 1.69. The van der Waals surface area contributed by atoms with E-state index in [2.05, 4.69) is 5.10 Å². The van der Waals surface area contributed by atoms with Gasteiger partial charge in [0.25, 0.3) is 0 Å². The molecule has 0 spiro atoms. The van der Waals surface area contributed by atoms with Crippen LogP contribution in [0.25, 0.3) is 0 Å². The summed E-state index contributed by atoms with van der Waals surface area (Å²) in [4.78, 5) is 0. The second kappa shape index (κ2) is 5.84. The summed E-state index contributed by atoms with van der Waals surface area (Å²) in [7, 11) is 1.85. The lowest BCUT2D eigenvalue weighted by molar-refractivity contribution is 0.198. The molecule has 0 saturated heterocycles. The Labute approximate surface area is 111 Å². The van der Waals surface area contributed by atoms with Gasteiger partial charge in [-0.3, -0.25) is 4.68 Å². The van der Waals surface area contributed by atoms with Crippen LogP contribution >= 0.6 is 0 Å². The first kappa shape index (κ1) is 13.5. The molecule has 0 aliphatic heterocycles. The number of aromatic nitrogens is 2. The first-order valence-electron chi connectivity index (χ1n) is 6.15. The Morgan fingerprint density at radius 3 is 2.79 bits per heavy atom. The summed E-state index contributed by atoms with van der Waals surface area (Å²) in [6, 6.07) is 6.40. The minimum atomic E-state index is -0.682. The molecule has 0 saturated carbocycles. The first-order valence-corrected chi connectivity index (χ1v) is 6.15. The molecule has 1 aromatic carbocycles. The number of nitrogens with zero attached hydrogens (tertiary/aromatic N) is 2. The maximum absolute atomic E-state index is 13.7. The van der Waals surface area contributed by atoms with Crippen molar-refractivity contribution in [2.75, 3.05) is 6.61 Å². The van der Waals surface area contributed by atoms with Gasteiger partial charge in [-0.1, -0.05) is 6.07 Å². The second-order valence-electron chi connectivity index (χ2n) is 4.41. The maximum Gasteiger partial charge on any atom is 0.165 e. The molecule has 5 heteroatoms. The average Bonchev–Trinajstić information content (AvgIpc) is 2.77. The molecule has 102 valence electrons. The van der Waals surface area contributed by atoms with Crippen LogP contribution in [0.2, 0.25) is 0 Å². The highest BCUT2D eigenvalue weighted by molar-refractivity contribution is 5.30. The van der Waals surface area contributed by atoms with Gasteiger partial charge in [0.1, 0.15) is 0 Å². The van der Waals surface area contributed by atoms with Gasteiger partial charge in [-0.15, -0.1) is 0 Å². The molecule has 1 atom stereocenters. The molecule has 0 aliphatic carbocycles. The fourth-order valence-corrected chi connectivity index (χ4v) is 1.81. The maximum atomic E-state index is 13.7.